The van der Waals surface area contributed by atoms with Crippen LogP contribution in [-0.2, 0) is 5.75 Å². The summed E-state index contributed by atoms with van der Waals surface area (Å²) in [6, 6.07) is 17.5. The van der Waals surface area contributed by atoms with E-state index in [0.717, 1.165) is 16.1 Å². The Morgan fingerprint density at radius 3 is 2.50 bits per heavy atom. The van der Waals surface area contributed by atoms with E-state index in [9.17, 15) is 0 Å². The van der Waals surface area contributed by atoms with Gasteiger partial charge in [0.2, 0.25) is 11.7 Å². The fourth-order valence-corrected chi connectivity index (χ4v) is 2.46. The summed E-state index contributed by atoms with van der Waals surface area (Å²) in [5, 5.41) is 3.99. The van der Waals surface area contributed by atoms with Gasteiger partial charge in [-0.15, -0.1) is 11.8 Å². The van der Waals surface area contributed by atoms with E-state index in [1.165, 1.54) is 0 Å². The van der Waals surface area contributed by atoms with Crippen molar-refractivity contribution in [1.29, 1.82) is 0 Å². The molecule has 0 saturated heterocycles. The smallest absolute Gasteiger partial charge is 0.237 e. The first-order valence-electron chi connectivity index (χ1n) is 6.17. The van der Waals surface area contributed by atoms with Crippen LogP contribution in [0.15, 0.2) is 64.0 Å². The van der Waals surface area contributed by atoms with Crippen LogP contribution in [0.4, 0.5) is 5.69 Å². The molecule has 2 N–H and O–H groups in total. The lowest BCUT2D eigenvalue weighted by Gasteiger charge is -1.98. The molecule has 0 radical (unpaired) electrons. The van der Waals surface area contributed by atoms with Crippen molar-refractivity contribution in [3.05, 3.63) is 60.5 Å². The average molecular weight is 283 g/mol. The van der Waals surface area contributed by atoms with E-state index in [4.69, 9.17) is 10.3 Å². The second-order valence-corrected chi connectivity index (χ2v) is 5.28. The summed E-state index contributed by atoms with van der Waals surface area (Å²) in [5.41, 5.74) is 7.37. The third-order valence-corrected chi connectivity index (χ3v) is 3.74. The number of hydrogen-bond donors (Lipinski definition) is 1. The molecule has 20 heavy (non-hydrogen) atoms. The predicted octanol–water partition coefficient (Wildman–Crippen LogP) is 3.61. The maximum Gasteiger partial charge on any atom is 0.237 e. The van der Waals surface area contributed by atoms with E-state index < -0.39 is 0 Å². The van der Waals surface area contributed by atoms with Crippen molar-refractivity contribution in [2.24, 2.45) is 0 Å². The predicted molar refractivity (Wildman–Crippen MR) is 80.1 cm³/mol. The topological polar surface area (TPSA) is 64.9 Å². The van der Waals surface area contributed by atoms with E-state index in [0.29, 0.717) is 17.5 Å². The molecule has 0 unspecified atom stereocenters. The highest BCUT2D eigenvalue weighted by Gasteiger charge is 2.08. The molecular weight excluding hydrogens is 270 g/mol. The highest BCUT2D eigenvalue weighted by Crippen LogP contribution is 2.24. The van der Waals surface area contributed by atoms with Crippen molar-refractivity contribution in [2.75, 3.05) is 5.73 Å². The number of rotatable bonds is 4. The minimum atomic E-state index is 0.616. The van der Waals surface area contributed by atoms with Crippen molar-refractivity contribution in [3.63, 3.8) is 0 Å². The van der Waals surface area contributed by atoms with Gasteiger partial charge in [-0.2, -0.15) is 4.98 Å². The number of nitrogen functional groups attached to an aromatic ring is 1. The van der Waals surface area contributed by atoms with Crippen LogP contribution < -0.4 is 5.73 Å². The lowest BCUT2D eigenvalue weighted by molar-refractivity contribution is 0.391. The lowest BCUT2D eigenvalue weighted by atomic mass is 10.2. The highest BCUT2D eigenvalue weighted by molar-refractivity contribution is 7.98. The first kappa shape index (κ1) is 12.7. The van der Waals surface area contributed by atoms with Crippen LogP contribution in [0.5, 0.6) is 0 Å². The number of hydrogen-bond acceptors (Lipinski definition) is 5. The van der Waals surface area contributed by atoms with Crippen LogP contribution >= 0.6 is 11.8 Å². The van der Waals surface area contributed by atoms with E-state index in [-0.39, 0.29) is 0 Å². The zero-order chi connectivity index (χ0) is 13.8. The molecule has 0 aliphatic rings. The van der Waals surface area contributed by atoms with Crippen LogP contribution in [-0.4, -0.2) is 10.1 Å². The van der Waals surface area contributed by atoms with Gasteiger partial charge in [0.25, 0.3) is 0 Å². The van der Waals surface area contributed by atoms with Crippen molar-refractivity contribution >= 4 is 17.4 Å². The van der Waals surface area contributed by atoms with Gasteiger partial charge in [0.1, 0.15) is 0 Å². The van der Waals surface area contributed by atoms with E-state index in [2.05, 4.69) is 10.1 Å². The molecule has 3 rings (SSSR count). The molecule has 0 spiro atoms. The fraction of sp³-hybridized carbons (Fsp3) is 0.0667. The van der Waals surface area contributed by atoms with Crippen molar-refractivity contribution in [2.45, 2.75) is 10.6 Å². The second-order valence-electron chi connectivity index (χ2n) is 4.24. The molecule has 0 aliphatic heterocycles. The van der Waals surface area contributed by atoms with Gasteiger partial charge < -0.3 is 10.3 Å². The summed E-state index contributed by atoms with van der Waals surface area (Å²) < 4.78 is 5.26. The Labute approximate surface area is 121 Å². The summed E-state index contributed by atoms with van der Waals surface area (Å²) >= 11 is 1.64. The minimum absolute atomic E-state index is 0.616. The summed E-state index contributed by atoms with van der Waals surface area (Å²) in [4.78, 5) is 5.51. The standard InChI is InChI=1S/C15H13N3OS/c16-12-6-8-13(9-7-12)20-10-14-17-15(18-19-14)11-4-2-1-3-5-11/h1-9H,10,16H2. The maximum absolute atomic E-state index is 5.65. The van der Waals surface area contributed by atoms with E-state index >= 15 is 0 Å². The molecule has 0 saturated carbocycles. The van der Waals surface area contributed by atoms with Gasteiger partial charge in [-0.05, 0) is 24.3 Å². The van der Waals surface area contributed by atoms with Gasteiger partial charge in [-0.3, -0.25) is 0 Å². The molecule has 100 valence electrons. The largest absolute Gasteiger partial charge is 0.399 e. The third-order valence-electron chi connectivity index (χ3n) is 2.74. The van der Waals surface area contributed by atoms with Gasteiger partial charge in [0.05, 0.1) is 5.75 Å². The first-order chi connectivity index (χ1) is 9.81. The Kier molecular flexibility index (Phi) is 3.69. The molecular formula is C15H13N3OS. The first-order valence-corrected chi connectivity index (χ1v) is 7.16. The van der Waals surface area contributed by atoms with Crippen LogP contribution in [0.2, 0.25) is 0 Å². The lowest BCUT2D eigenvalue weighted by Crippen LogP contribution is -1.84. The van der Waals surface area contributed by atoms with Gasteiger partial charge in [-0.1, -0.05) is 35.5 Å². The Morgan fingerprint density at radius 1 is 1.00 bits per heavy atom. The Morgan fingerprint density at radius 2 is 1.75 bits per heavy atom. The zero-order valence-corrected chi connectivity index (χ0v) is 11.5. The molecule has 0 bridgehead atoms. The summed E-state index contributed by atoms with van der Waals surface area (Å²) in [5.74, 6) is 1.88. The Bertz CT molecular complexity index is 680. The van der Waals surface area contributed by atoms with E-state index in [1.54, 1.807) is 11.8 Å². The summed E-state index contributed by atoms with van der Waals surface area (Å²) in [6.07, 6.45) is 0. The normalized spacial score (nSPS) is 10.6. The fourth-order valence-electron chi connectivity index (χ4n) is 1.73. The highest BCUT2D eigenvalue weighted by atomic mass is 32.2. The van der Waals surface area contributed by atoms with Crippen LogP contribution in [0.1, 0.15) is 5.89 Å². The number of aromatic nitrogens is 2. The maximum atomic E-state index is 5.65. The van der Waals surface area contributed by atoms with Crippen molar-refractivity contribution in [3.8, 4) is 11.4 Å². The second kappa shape index (κ2) is 5.79. The molecule has 4 nitrogen and oxygen atoms in total. The van der Waals surface area contributed by atoms with Gasteiger partial charge in [-0.25, -0.2) is 0 Å². The van der Waals surface area contributed by atoms with Crippen molar-refractivity contribution in [1.82, 2.24) is 10.1 Å². The number of anilines is 1. The SMILES string of the molecule is Nc1ccc(SCc2nc(-c3ccccc3)no2)cc1. The minimum Gasteiger partial charge on any atom is -0.399 e. The molecule has 1 aromatic heterocycles. The molecule has 3 aromatic rings. The van der Waals surface area contributed by atoms with Crippen molar-refractivity contribution < 1.29 is 4.52 Å². The van der Waals surface area contributed by atoms with Crippen LogP contribution in [0.3, 0.4) is 0 Å². The molecule has 0 fully saturated rings. The number of nitrogens with zero attached hydrogens (tertiary/aromatic N) is 2. The summed E-state index contributed by atoms with van der Waals surface area (Å²) in [7, 11) is 0. The number of nitrogens with two attached hydrogens (primary N) is 1. The molecule has 0 amide bonds. The molecule has 0 atom stereocenters. The van der Waals surface area contributed by atoms with Gasteiger partial charge in [0, 0.05) is 16.1 Å². The molecule has 1 heterocycles. The Hall–Kier alpha value is -2.27. The number of thioether (sulfide) groups is 1. The van der Waals surface area contributed by atoms with Gasteiger partial charge >= 0.3 is 0 Å². The van der Waals surface area contributed by atoms with E-state index in [1.807, 2.05) is 54.6 Å². The monoisotopic (exact) mass is 283 g/mol. The zero-order valence-electron chi connectivity index (χ0n) is 10.7. The quantitative estimate of drug-likeness (QED) is 0.585. The van der Waals surface area contributed by atoms with Crippen LogP contribution in [0, 0.1) is 0 Å². The molecule has 2 aromatic carbocycles. The number of benzene rings is 2. The Balaban J connectivity index is 1.67. The average Bonchev–Trinajstić information content (AvgIpc) is 2.97. The molecule has 0 aliphatic carbocycles. The van der Waals surface area contributed by atoms with Gasteiger partial charge in [0.15, 0.2) is 0 Å². The third kappa shape index (κ3) is 3.00. The molecule has 5 heteroatoms. The summed E-state index contributed by atoms with van der Waals surface area (Å²) in [6.45, 7) is 0. The van der Waals surface area contributed by atoms with Crippen LogP contribution in [0.25, 0.3) is 11.4 Å².